The second-order valence-corrected chi connectivity index (χ2v) is 5.23. The summed E-state index contributed by atoms with van der Waals surface area (Å²) in [6.07, 6.45) is 0.952. The molecule has 0 aromatic heterocycles. The number of aromatic hydroxyl groups is 1. The topological polar surface area (TPSA) is 58.3 Å². The minimum absolute atomic E-state index is 0.213. The van der Waals surface area contributed by atoms with E-state index in [1.165, 1.54) is 6.07 Å². The van der Waals surface area contributed by atoms with Crippen LogP contribution in [0.2, 0.25) is 10.0 Å². The molecule has 1 fully saturated rings. The van der Waals surface area contributed by atoms with Crippen LogP contribution in [-0.4, -0.2) is 24.7 Å². The molecule has 17 heavy (non-hydrogen) atoms. The molecule has 1 aromatic rings. The Labute approximate surface area is 111 Å². The maximum Gasteiger partial charge on any atom is 0.120 e. The Morgan fingerprint density at radius 3 is 2.76 bits per heavy atom. The van der Waals surface area contributed by atoms with E-state index in [0.717, 1.165) is 25.1 Å². The van der Waals surface area contributed by atoms with Crippen LogP contribution in [0.15, 0.2) is 12.1 Å². The first-order chi connectivity index (χ1) is 8.13. The first-order valence-corrected chi connectivity index (χ1v) is 6.47. The zero-order valence-electron chi connectivity index (χ0n) is 9.42. The third kappa shape index (κ3) is 2.68. The Morgan fingerprint density at radius 1 is 1.35 bits per heavy atom. The summed E-state index contributed by atoms with van der Waals surface area (Å²) in [5.41, 5.74) is 6.63. The highest BCUT2D eigenvalue weighted by atomic mass is 35.5. The number of benzene rings is 1. The van der Waals surface area contributed by atoms with Gasteiger partial charge in [0.15, 0.2) is 0 Å². The number of phenolic OH excluding ortho intramolecular Hbond substituents is 1. The van der Waals surface area contributed by atoms with Crippen LogP contribution in [0, 0.1) is 5.92 Å². The Bertz CT molecular complexity index is 412. The second kappa shape index (κ2) is 5.44. The zero-order valence-corrected chi connectivity index (χ0v) is 10.9. The number of piperidine rings is 1. The molecular formula is C12H16Cl2N2O. The van der Waals surface area contributed by atoms with E-state index in [-0.39, 0.29) is 11.7 Å². The molecule has 4 N–H and O–H groups in total. The Morgan fingerprint density at radius 2 is 2.06 bits per heavy atom. The summed E-state index contributed by atoms with van der Waals surface area (Å²) >= 11 is 11.9. The Hall–Kier alpha value is -0.480. The molecule has 1 saturated heterocycles. The standard InChI is InChI=1S/C12H16Cl2N2O/c13-10-3-9(12(17)4-11(10)14)8-1-2-16-6-7(8)5-15/h3-4,7-8,16-17H,1-2,5-6,15H2. The van der Waals surface area contributed by atoms with Crippen LogP contribution in [0.5, 0.6) is 5.75 Å². The molecule has 0 saturated carbocycles. The normalized spacial score (nSPS) is 24.9. The van der Waals surface area contributed by atoms with Crippen LogP contribution in [0.4, 0.5) is 0 Å². The van der Waals surface area contributed by atoms with Gasteiger partial charge in [0.2, 0.25) is 0 Å². The molecule has 94 valence electrons. The lowest BCUT2D eigenvalue weighted by molar-refractivity contribution is 0.324. The predicted molar refractivity (Wildman–Crippen MR) is 70.9 cm³/mol. The highest BCUT2D eigenvalue weighted by Gasteiger charge is 2.27. The van der Waals surface area contributed by atoms with Gasteiger partial charge in [-0.3, -0.25) is 0 Å². The molecule has 1 aliphatic rings. The summed E-state index contributed by atoms with van der Waals surface area (Å²) < 4.78 is 0. The summed E-state index contributed by atoms with van der Waals surface area (Å²) in [5, 5.41) is 14.1. The fourth-order valence-electron chi connectivity index (χ4n) is 2.43. The molecule has 1 aromatic carbocycles. The lowest BCUT2D eigenvalue weighted by Crippen LogP contribution is -2.39. The first kappa shape index (κ1) is 13.0. The molecule has 2 atom stereocenters. The van der Waals surface area contributed by atoms with Crippen molar-refractivity contribution in [3.05, 3.63) is 27.7 Å². The van der Waals surface area contributed by atoms with E-state index in [2.05, 4.69) is 5.32 Å². The largest absolute Gasteiger partial charge is 0.508 e. The van der Waals surface area contributed by atoms with Crippen molar-refractivity contribution in [1.82, 2.24) is 5.32 Å². The minimum Gasteiger partial charge on any atom is -0.508 e. The van der Waals surface area contributed by atoms with Gasteiger partial charge >= 0.3 is 0 Å². The van der Waals surface area contributed by atoms with Gasteiger partial charge in [0.05, 0.1) is 10.0 Å². The quantitative estimate of drug-likeness (QED) is 0.776. The smallest absolute Gasteiger partial charge is 0.120 e. The molecule has 3 nitrogen and oxygen atoms in total. The van der Waals surface area contributed by atoms with Gasteiger partial charge < -0.3 is 16.2 Å². The Balaban J connectivity index is 2.34. The van der Waals surface area contributed by atoms with Crippen molar-refractivity contribution in [1.29, 1.82) is 0 Å². The lowest BCUT2D eigenvalue weighted by Gasteiger charge is -2.32. The van der Waals surface area contributed by atoms with Crippen LogP contribution in [0.25, 0.3) is 0 Å². The van der Waals surface area contributed by atoms with Gasteiger partial charge in [0.25, 0.3) is 0 Å². The molecule has 0 bridgehead atoms. The van der Waals surface area contributed by atoms with Gasteiger partial charge in [-0.1, -0.05) is 23.2 Å². The highest BCUT2D eigenvalue weighted by molar-refractivity contribution is 6.42. The average Bonchev–Trinajstić information content (AvgIpc) is 2.34. The summed E-state index contributed by atoms with van der Waals surface area (Å²) in [4.78, 5) is 0. The predicted octanol–water partition coefficient (Wildman–Crippen LogP) is 2.35. The van der Waals surface area contributed by atoms with Crippen molar-refractivity contribution in [3.8, 4) is 5.75 Å². The first-order valence-electron chi connectivity index (χ1n) is 5.72. The maximum absolute atomic E-state index is 9.98. The number of nitrogens with two attached hydrogens (primary N) is 1. The summed E-state index contributed by atoms with van der Waals surface area (Å²) in [6, 6.07) is 3.27. The maximum atomic E-state index is 9.98. The third-order valence-corrected chi connectivity index (χ3v) is 4.10. The van der Waals surface area contributed by atoms with E-state index in [1.807, 2.05) is 0 Å². The summed E-state index contributed by atoms with van der Waals surface area (Å²) in [7, 11) is 0. The monoisotopic (exact) mass is 274 g/mol. The van der Waals surface area contributed by atoms with E-state index >= 15 is 0 Å². The molecule has 2 unspecified atom stereocenters. The van der Waals surface area contributed by atoms with Crippen molar-refractivity contribution in [2.24, 2.45) is 11.7 Å². The molecule has 0 amide bonds. The summed E-state index contributed by atoms with van der Waals surface area (Å²) in [5.74, 6) is 0.785. The lowest BCUT2D eigenvalue weighted by atomic mass is 9.81. The van der Waals surface area contributed by atoms with Crippen LogP contribution in [0.3, 0.4) is 0 Å². The van der Waals surface area contributed by atoms with Crippen molar-refractivity contribution < 1.29 is 5.11 Å². The molecule has 1 aliphatic heterocycles. The van der Waals surface area contributed by atoms with E-state index in [4.69, 9.17) is 28.9 Å². The number of nitrogens with one attached hydrogen (secondary N) is 1. The van der Waals surface area contributed by atoms with Crippen molar-refractivity contribution >= 4 is 23.2 Å². The van der Waals surface area contributed by atoms with Crippen LogP contribution in [0.1, 0.15) is 17.9 Å². The average molecular weight is 275 g/mol. The number of halogens is 2. The molecule has 2 rings (SSSR count). The van der Waals surface area contributed by atoms with Gasteiger partial charge in [-0.2, -0.15) is 0 Å². The van der Waals surface area contributed by atoms with Crippen molar-refractivity contribution in [2.45, 2.75) is 12.3 Å². The summed E-state index contributed by atoms with van der Waals surface area (Å²) in [6.45, 7) is 2.40. The highest BCUT2D eigenvalue weighted by Crippen LogP contribution is 2.39. The molecule has 0 radical (unpaired) electrons. The third-order valence-electron chi connectivity index (χ3n) is 3.38. The number of rotatable bonds is 2. The molecule has 0 aliphatic carbocycles. The fraction of sp³-hybridized carbons (Fsp3) is 0.500. The number of hydrogen-bond donors (Lipinski definition) is 3. The fourth-order valence-corrected chi connectivity index (χ4v) is 2.76. The van der Waals surface area contributed by atoms with Crippen LogP contribution >= 0.6 is 23.2 Å². The van der Waals surface area contributed by atoms with Gasteiger partial charge in [0, 0.05) is 6.07 Å². The van der Waals surface area contributed by atoms with Gasteiger partial charge in [0.1, 0.15) is 5.75 Å². The molecule has 5 heteroatoms. The SMILES string of the molecule is NCC1CNCCC1c1cc(Cl)c(Cl)cc1O. The van der Waals surface area contributed by atoms with E-state index in [1.54, 1.807) is 6.07 Å². The van der Waals surface area contributed by atoms with E-state index in [9.17, 15) is 5.11 Å². The van der Waals surface area contributed by atoms with E-state index in [0.29, 0.717) is 22.5 Å². The zero-order chi connectivity index (χ0) is 12.4. The van der Waals surface area contributed by atoms with Gasteiger partial charge in [-0.25, -0.2) is 0 Å². The van der Waals surface area contributed by atoms with E-state index < -0.39 is 0 Å². The van der Waals surface area contributed by atoms with Gasteiger partial charge in [-0.15, -0.1) is 0 Å². The second-order valence-electron chi connectivity index (χ2n) is 4.42. The van der Waals surface area contributed by atoms with Crippen molar-refractivity contribution in [3.63, 3.8) is 0 Å². The van der Waals surface area contributed by atoms with Crippen molar-refractivity contribution in [2.75, 3.05) is 19.6 Å². The number of hydrogen-bond acceptors (Lipinski definition) is 3. The minimum atomic E-state index is 0.213. The molecule has 0 spiro atoms. The number of phenols is 1. The van der Waals surface area contributed by atoms with Crippen LogP contribution < -0.4 is 11.1 Å². The Kier molecular flexibility index (Phi) is 4.15. The molecule has 1 heterocycles. The molecular weight excluding hydrogens is 259 g/mol. The van der Waals surface area contributed by atoms with Gasteiger partial charge in [-0.05, 0) is 49.5 Å². The van der Waals surface area contributed by atoms with Crippen LogP contribution in [-0.2, 0) is 0 Å².